The second-order valence-electron chi connectivity index (χ2n) is 4.93. The molecule has 1 aliphatic rings. The maximum absolute atomic E-state index is 11.6. The molecule has 0 aromatic carbocycles. The van der Waals surface area contributed by atoms with Gasteiger partial charge in [0.05, 0.1) is 22.5 Å². The van der Waals surface area contributed by atoms with Gasteiger partial charge in [-0.05, 0) is 29.8 Å². The third-order valence-electron chi connectivity index (χ3n) is 3.53. The third kappa shape index (κ3) is 3.32. The third-order valence-corrected chi connectivity index (χ3v) is 4.56. The summed E-state index contributed by atoms with van der Waals surface area (Å²) in [5.41, 5.74) is 2.18. The Morgan fingerprint density at radius 1 is 1.35 bits per heavy atom. The second kappa shape index (κ2) is 6.58. The Morgan fingerprint density at radius 2 is 2.00 bits per heavy atom. The number of piperazine rings is 1. The largest absolute Gasteiger partial charge is 0.450 e. The van der Waals surface area contributed by atoms with Gasteiger partial charge in [-0.25, -0.2) is 4.79 Å². The molecule has 0 unspecified atom stereocenters. The van der Waals surface area contributed by atoms with Gasteiger partial charge < -0.3 is 9.64 Å². The highest BCUT2D eigenvalue weighted by molar-refractivity contribution is 9.10. The van der Waals surface area contributed by atoms with E-state index in [0.717, 1.165) is 29.8 Å². The van der Waals surface area contributed by atoms with Gasteiger partial charge in [-0.1, -0.05) is 0 Å². The van der Waals surface area contributed by atoms with Crippen molar-refractivity contribution in [3.63, 3.8) is 0 Å². The van der Waals surface area contributed by atoms with Gasteiger partial charge in [-0.3, -0.25) is 9.58 Å². The Balaban J connectivity index is 1.90. The molecular formula is C13H21BrN4O2. The van der Waals surface area contributed by atoms with E-state index in [1.807, 2.05) is 25.6 Å². The van der Waals surface area contributed by atoms with E-state index in [-0.39, 0.29) is 6.09 Å². The lowest BCUT2D eigenvalue weighted by Crippen LogP contribution is -2.48. The van der Waals surface area contributed by atoms with E-state index in [4.69, 9.17) is 4.74 Å². The second-order valence-corrected chi connectivity index (χ2v) is 5.72. The Bertz CT molecular complexity index is 481. The number of nitrogens with zero attached hydrogens (tertiary/aromatic N) is 4. The van der Waals surface area contributed by atoms with Crippen LogP contribution >= 0.6 is 15.9 Å². The summed E-state index contributed by atoms with van der Waals surface area (Å²) in [6, 6.07) is 0. The van der Waals surface area contributed by atoms with Crippen LogP contribution < -0.4 is 0 Å². The molecule has 20 heavy (non-hydrogen) atoms. The van der Waals surface area contributed by atoms with E-state index in [1.54, 1.807) is 4.90 Å². The molecule has 0 atom stereocenters. The smallest absolute Gasteiger partial charge is 0.409 e. The summed E-state index contributed by atoms with van der Waals surface area (Å²) in [6.07, 6.45) is -0.204. The molecule has 0 saturated carbocycles. The number of halogens is 1. The highest BCUT2D eigenvalue weighted by atomic mass is 79.9. The van der Waals surface area contributed by atoms with Gasteiger partial charge in [-0.15, -0.1) is 0 Å². The zero-order chi connectivity index (χ0) is 14.7. The lowest BCUT2D eigenvalue weighted by atomic mass is 10.3. The molecule has 112 valence electrons. The average Bonchev–Trinajstić information content (AvgIpc) is 2.66. The highest BCUT2D eigenvalue weighted by Gasteiger charge is 2.23. The monoisotopic (exact) mass is 344 g/mol. The first-order valence-electron chi connectivity index (χ1n) is 6.85. The minimum atomic E-state index is -0.204. The summed E-state index contributed by atoms with van der Waals surface area (Å²) in [6.45, 7) is 8.24. The predicted octanol–water partition coefficient (Wildman–Crippen LogP) is 1.77. The molecule has 6 nitrogen and oxygen atoms in total. The predicted molar refractivity (Wildman–Crippen MR) is 79.5 cm³/mol. The van der Waals surface area contributed by atoms with Crippen LogP contribution in [0.5, 0.6) is 0 Å². The number of hydrogen-bond donors (Lipinski definition) is 0. The van der Waals surface area contributed by atoms with Crippen LogP contribution in [0.15, 0.2) is 4.47 Å². The SMILES string of the molecule is CCOC(=O)N1CCN(Cc2c(Br)c(C)nn2C)CC1. The van der Waals surface area contributed by atoms with E-state index in [1.165, 1.54) is 5.69 Å². The van der Waals surface area contributed by atoms with Crippen LogP contribution in [0.3, 0.4) is 0 Å². The van der Waals surface area contributed by atoms with Crippen molar-refractivity contribution in [1.29, 1.82) is 0 Å². The minimum absolute atomic E-state index is 0.204. The van der Waals surface area contributed by atoms with Crippen molar-refractivity contribution in [2.75, 3.05) is 32.8 Å². The van der Waals surface area contributed by atoms with Gasteiger partial charge >= 0.3 is 6.09 Å². The zero-order valence-corrected chi connectivity index (χ0v) is 13.8. The molecule has 1 fully saturated rings. The average molecular weight is 345 g/mol. The molecule has 1 saturated heterocycles. The van der Waals surface area contributed by atoms with Crippen molar-refractivity contribution in [2.45, 2.75) is 20.4 Å². The zero-order valence-electron chi connectivity index (χ0n) is 12.2. The Morgan fingerprint density at radius 3 is 2.50 bits per heavy atom. The number of amides is 1. The summed E-state index contributed by atoms with van der Waals surface area (Å²) < 4.78 is 8.01. The molecule has 0 aliphatic carbocycles. The van der Waals surface area contributed by atoms with Crippen molar-refractivity contribution in [1.82, 2.24) is 19.6 Å². The molecule has 0 N–H and O–H groups in total. The number of hydrogen-bond acceptors (Lipinski definition) is 4. The quantitative estimate of drug-likeness (QED) is 0.838. The topological polar surface area (TPSA) is 50.6 Å². The Kier molecular flexibility index (Phi) is 5.04. The molecular weight excluding hydrogens is 324 g/mol. The molecule has 0 bridgehead atoms. The number of aryl methyl sites for hydroxylation is 2. The maximum atomic E-state index is 11.6. The van der Waals surface area contributed by atoms with Crippen LogP contribution in [0, 0.1) is 6.92 Å². The van der Waals surface area contributed by atoms with E-state index >= 15 is 0 Å². The summed E-state index contributed by atoms with van der Waals surface area (Å²) in [7, 11) is 1.96. The Labute approximate surface area is 127 Å². The van der Waals surface area contributed by atoms with Gasteiger partial charge in [0.15, 0.2) is 0 Å². The Hall–Kier alpha value is -1.08. The van der Waals surface area contributed by atoms with Gasteiger partial charge in [0.2, 0.25) is 0 Å². The van der Waals surface area contributed by atoms with E-state index in [0.29, 0.717) is 19.7 Å². The molecule has 7 heteroatoms. The van der Waals surface area contributed by atoms with Crippen molar-refractivity contribution >= 4 is 22.0 Å². The van der Waals surface area contributed by atoms with Gasteiger partial charge in [0.1, 0.15) is 0 Å². The summed E-state index contributed by atoms with van der Waals surface area (Å²) in [5.74, 6) is 0. The normalized spacial score (nSPS) is 16.5. The first kappa shape index (κ1) is 15.3. The summed E-state index contributed by atoms with van der Waals surface area (Å²) in [4.78, 5) is 15.7. The van der Waals surface area contributed by atoms with Crippen LogP contribution in [-0.4, -0.2) is 58.5 Å². The van der Waals surface area contributed by atoms with Crippen LogP contribution in [0.25, 0.3) is 0 Å². The summed E-state index contributed by atoms with van der Waals surface area (Å²) >= 11 is 3.59. The molecule has 2 heterocycles. The van der Waals surface area contributed by atoms with Crippen molar-refractivity contribution in [3.8, 4) is 0 Å². The van der Waals surface area contributed by atoms with Gasteiger partial charge in [0, 0.05) is 39.8 Å². The van der Waals surface area contributed by atoms with Gasteiger partial charge in [0.25, 0.3) is 0 Å². The number of rotatable bonds is 3. The highest BCUT2D eigenvalue weighted by Crippen LogP contribution is 2.22. The first-order valence-corrected chi connectivity index (χ1v) is 7.64. The molecule has 0 spiro atoms. The fraction of sp³-hybridized carbons (Fsp3) is 0.692. The molecule has 1 aromatic heterocycles. The summed E-state index contributed by atoms with van der Waals surface area (Å²) in [5, 5.41) is 4.40. The number of carbonyl (C=O) groups excluding carboxylic acids is 1. The lowest BCUT2D eigenvalue weighted by molar-refractivity contribution is 0.0771. The first-order chi connectivity index (χ1) is 9.52. The fourth-order valence-corrected chi connectivity index (χ4v) is 2.83. The van der Waals surface area contributed by atoms with Crippen LogP contribution in [-0.2, 0) is 18.3 Å². The standard InChI is InChI=1S/C13H21BrN4O2/c1-4-20-13(19)18-7-5-17(6-8-18)9-11-12(14)10(2)15-16(11)3/h4-9H2,1-3H3. The fourth-order valence-electron chi connectivity index (χ4n) is 2.37. The van der Waals surface area contributed by atoms with Gasteiger partial charge in [-0.2, -0.15) is 5.10 Å². The van der Waals surface area contributed by atoms with Crippen LogP contribution in [0.2, 0.25) is 0 Å². The molecule has 1 aromatic rings. The van der Waals surface area contributed by atoms with E-state index in [2.05, 4.69) is 25.9 Å². The van der Waals surface area contributed by atoms with Crippen LogP contribution in [0.1, 0.15) is 18.3 Å². The van der Waals surface area contributed by atoms with Crippen molar-refractivity contribution < 1.29 is 9.53 Å². The molecule has 0 radical (unpaired) electrons. The van der Waals surface area contributed by atoms with Crippen LogP contribution in [0.4, 0.5) is 4.79 Å². The number of ether oxygens (including phenoxy) is 1. The minimum Gasteiger partial charge on any atom is -0.450 e. The van der Waals surface area contributed by atoms with E-state index in [9.17, 15) is 4.79 Å². The molecule has 1 amide bonds. The van der Waals surface area contributed by atoms with Crippen molar-refractivity contribution in [2.24, 2.45) is 7.05 Å². The maximum Gasteiger partial charge on any atom is 0.409 e. The molecule has 2 rings (SSSR count). The lowest BCUT2D eigenvalue weighted by Gasteiger charge is -2.33. The van der Waals surface area contributed by atoms with E-state index < -0.39 is 0 Å². The van der Waals surface area contributed by atoms with Crippen molar-refractivity contribution in [3.05, 3.63) is 15.9 Å². The number of aromatic nitrogens is 2. The molecule has 1 aliphatic heterocycles. The number of carbonyl (C=O) groups is 1.